The zero-order chi connectivity index (χ0) is 21.3. The zero-order valence-corrected chi connectivity index (χ0v) is 18.6. The molecule has 31 heavy (non-hydrogen) atoms. The van der Waals surface area contributed by atoms with Crippen LogP contribution in [0.3, 0.4) is 0 Å². The highest BCUT2D eigenvalue weighted by Crippen LogP contribution is 2.48. The lowest BCUT2D eigenvalue weighted by molar-refractivity contribution is -0.133. The van der Waals surface area contributed by atoms with E-state index in [-0.39, 0.29) is 17.4 Å². The molecule has 1 atom stereocenters. The van der Waals surface area contributed by atoms with Crippen LogP contribution < -0.4 is 0 Å². The second-order valence-corrected chi connectivity index (χ2v) is 9.76. The van der Waals surface area contributed by atoms with Gasteiger partial charge in [-0.25, -0.2) is 0 Å². The van der Waals surface area contributed by atoms with Crippen LogP contribution in [0.1, 0.15) is 68.7 Å². The Bertz CT molecular complexity index is 899. The number of halogens is 1. The fourth-order valence-corrected chi connectivity index (χ4v) is 4.90. The molecule has 0 unspecified atom stereocenters. The fraction of sp³-hybridized carbons (Fsp3) is 0.625. The van der Waals surface area contributed by atoms with Gasteiger partial charge in [0.2, 0.25) is 17.7 Å². The molecule has 1 aromatic carbocycles. The van der Waals surface area contributed by atoms with E-state index >= 15 is 0 Å². The molecule has 1 saturated heterocycles. The Labute approximate surface area is 188 Å². The zero-order valence-electron chi connectivity index (χ0n) is 17.9. The Hall–Kier alpha value is -1.92. The molecule has 3 fully saturated rings. The maximum atomic E-state index is 13.0. The van der Waals surface area contributed by atoms with Crippen molar-refractivity contribution in [3.8, 4) is 0 Å². The van der Waals surface area contributed by atoms with Gasteiger partial charge in [0.15, 0.2) is 0 Å². The summed E-state index contributed by atoms with van der Waals surface area (Å²) in [6.45, 7) is 2.38. The third-order valence-corrected chi connectivity index (χ3v) is 7.26. The van der Waals surface area contributed by atoms with Gasteiger partial charge < -0.3 is 14.1 Å². The largest absolute Gasteiger partial charge is 0.424 e. The minimum Gasteiger partial charge on any atom is -0.424 e. The molecular weight excluding hydrogens is 414 g/mol. The van der Waals surface area contributed by atoms with Crippen LogP contribution >= 0.6 is 11.6 Å². The average molecular weight is 444 g/mol. The topological polar surface area (TPSA) is 68.5 Å². The van der Waals surface area contributed by atoms with Gasteiger partial charge in [-0.1, -0.05) is 30.2 Å². The molecule has 166 valence electrons. The minimum atomic E-state index is -0.211. The number of aromatic nitrogens is 2. The Morgan fingerprint density at radius 1 is 1.10 bits per heavy atom. The van der Waals surface area contributed by atoms with E-state index in [4.69, 9.17) is 20.8 Å². The first-order valence-corrected chi connectivity index (χ1v) is 12.0. The molecule has 2 aliphatic carbocycles. The molecule has 6 nitrogen and oxygen atoms in total. The van der Waals surface area contributed by atoms with E-state index in [2.05, 4.69) is 22.3 Å². The van der Waals surface area contributed by atoms with E-state index in [9.17, 15) is 4.79 Å². The maximum absolute atomic E-state index is 13.0. The number of amides is 1. The smallest absolute Gasteiger partial charge is 0.227 e. The van der Waals surface area contributed by atoms with Crippen molar-refractivity contribution in [2.24, 2.45) is 5.92 Å². The summed E-state index contributed by atoms with van der Waals surface area (Å²) >= 11 is 6.06. The quantitative estimate of drug-likeness (QED) is 0.569. The van der Waals surface area contributed by atoms with Crippen LogP contribution in [0, 0.1) is 5.92 Å². The highest BCUT2D eigenvalue weighted by Gasteiger charge is 2.45. The van der Waals surface area contributed by atoms with Crippen LogP contribution in [0.4, 0.5) is 0 Å². The van der Waals surface area contributed by atoms with E-state index in [1.807, 2.05) is 17.0 Å². The first-order valence-electron chi connectivity index (χ1n) is 11.6. The van der Waals surface area contributed by atoms with Crippen molar-refractivity contribution >= 4 is 17.5 Å². The Kier molecular flexibility index (Phi) is 6.02. The summed E-state index contributed by atoms with van der Waals surface area (Å²) in [4.78, 5) is 15.0. The maximum Gasteiger partial charge on any atom is 0.227 e. The normalized spacial score (nSPS) is 22.3. The molecule has 1 amide bonds. The molecule has 2 heterocycles. The first kappa shape index (κ1) is 21.0. The van der Waals surface area contributed by atoms with E-state index in [1.54, 1.807) is 0 Å². The number of rotatable bonds is 9. The number of ether oxygens (including phenoxy) is 1. The molecule has 0 N–H and O–H groups in total. The van der Waals surface area contributed by atoms with Crippen LogP contribution in [0.15, 0.2) is 28.7 Å². The highest BCUT2D eigenvalue weighted by atomic mass is 35.5. The second-order valence-electron chi connectivity index (χ2n) is 9.32. The number of nitrogens with zero attached hydrogens (tertiary/aromatic N) is 3. The van der Waals surface area contributed by atoms with Crippen LogP contribution in [0.2, 0.25) is 5.02 Å². The van der Waals surface area contributed by atoms with Crippen molar-refractivity contribution in [3.63, 3.8) is 0 Å². The van der Waals surface area contributed by atoms with Gasteiger partial charge in [0.25, 0.3) is 0 Å². The van der Waals surface area contributed by atoms with Crippen molar-refractivity contribution in [2.45, 2.75) is 69.3 Å². The molecule has 2 saturated carbocycles. The van der Waals surface area contributed by atoms with Gasteiger partial charge >= 0.3 is 0 Å². The van der Waals surface area contributed by atoms with Crippen LogP contribution in [0.25, 0.3) is 0 Å². The van der Waals surface area contributed by atoms with E-state index in [1.165, 1.54) is 18.4 Å². The third kappa shape index (κ3) is 4.65. The standard InChI is InChI=1S/C24H30ClN3O3/c25-19-8-6-18(7-9-19)24(12-2-13-24)23-27-26-21(31-23)10-11-22(29)28(15-17-4-5-17)16-20-3-1-14-30-20/h6-9,17,20H,1-5,10-16H2/t20-/m0/s1. The van der Waals surface area contributed by atoms with Crippen LogP contribution in [-0.2, 0) is 21.4 Å². The van der Waals surface area contributed by atoms with Gasteiger partial charge in [-0.2, -0.15) is 0 Å². The van der Waals surface area contributed by atoms with Crippen molar-refractivity contribution in [1.29, 1.82) is 0 Å². The van der Waals surface area contributed by atoms with Gasteiger partial charge in [-0.3, -0.25) is 4.79 Å². The Balaban J connectivity index is 1.22. The lowest BCUT2D eigenvalue weighted by atomic mass is 9.64. The van der Waals surface area contributed by atoms with Crippen LogP contribution in [-0.4, -0.2) is 46.8 Å². The van der Waals surface area contributed by atoms with Crippen molar-refractivity contribution in [2.75, 3.05) is 19.7 Å². The van der Waals surface area contributed by atoms with E-state index < -0.39 is 0 Å². The molecule has 0 radical (unpaired) electrons. The summed E-state index contributed by atoms with van der Waals surface area (Å²) in [7, 11) is 0. The summed E-state index contributed by atoms with van der Waals surface area (Å²) in [6, 6.07) is 7.93. The Morgan fingerprint density at radius 2 is 1.90 bits per heavy atom. The molecular formula is C24H30ClN3O3. The number of hydrogen-bond donors (Lipinski definition) is 0. The van der Waals surface area contributed by atoms with Gasteiger partial charge in [0.05, 0.1) is 11.5 Å². The molecule has 1 aliphatic heterocycles. The fourth-order valence-electron chi connectivity index (χ4n) is 4.77. The molecule has 0 spiro atoms. The summed E-state index contributed by atoms with van der Waals surface area (Å²) in [6.07, 6.45) is 8.80. The SMILES string of the molecule is O=C(CCc1nnc(C2(c3ccc(Cl)cc3)CCC2)o1)N(CC1CC1)C[C@@H]1CCCO1. The monoisotopic (exact) mass is 443 g/mol. The number of benzene rings is 1. The Morgan fingerprint density at radius 3 is 2.55 bits per heavy atom. The molecule has 0 bridgehead atoms. The minimum absolute atomic E-state index is 0.165. The highest BCUT2D eigenvalue weighted by molar-refractivity contribution is 6.30. The van der Waals surface area contributed by atoms with E-state index in [0.717, 1.165) is 50.3 Å². The van der Waals surface area contributed by atoms with Gasteiger partial charge in [-0.15, -0.1) is 10.2 Å². The molecule has 1 aromatic heterocycles. The molecule has 7 heteroatoms. The third-order valence-electron chi connectivity index (χ3n) is 7.01. The van der Waals surface area contributed by atoms with E-state index in [0.29, 0.717) is 37.1 Å². The average Bonchev–Trinajstić information content (AvgIpc) is 3.20. The van der Waals surface area contributed by atoms with Crippen molar-refractivity contribution in [1.82, 2.24) is 15.1 Å². The molecule has 2 aromatic rings. The summed E-state index contributed by atoms with van der Waals surface area (Å²) < 4.78 is 11.8. The predicted molar refractivity (Wildman–Crippen MR) is 117 cm³/mol. The predicted octanol–water partition coefficient (Wildman–Crippen LogP) is 4.54. The summed E-state index contributed by atoms with van der Waals surface area (Å²) in [5, 5.41) is 9.38. The summed E-state index contributed by atoms with van der Waals surface area (Å²) in [5.41, 5.74) is 0.958. The summed E-state index contributed by atoms with van der Waals surface area (Å²) in [5.74, 6) is 2.04. The van der Waals surface area contributed by atoms with Crippen molar-refractivity contribution in [3.05, 3.63) is 46.6 Å². The van der Waals surface area contributed by atoms with Crippen LogP contribution in [0.5, 0.6) is 0 Å². The molecule has 3 aliphatic rings. The second kappa shape index (κ2) is 8.91. The number of carbonyl (C=O) groups is 1. The molecule has 5 rings (SSSR count). The number of carbonyl (C=O) groups excluding carboxylic acids is 1. The van der Waals surface area contributed by atoms with Gasteiger partial charge in [-0.05, 0) is 62.1 Å². The van der Waals surface area contributed by atoms with Gasteiger partial charge in [0.1, 0.15) is 0 Å². The lowest BCUT2D eigenvalue weighted by Crippen LogP contribution is -2.38. The van der Waals surface area contributed by atoms with Gasteiger partial charge in [0, 0.05) is 37.6 Å². The number of hydrogen-bond acceptors (Lipinski definition) is 5. The number of aryl methyl sites for hydroxylation is 1. The van der Waals surface area contributed by atoms with Crippen molar-refractivity contribution < 1.29 is 13.9 Å². The lowest BCUT2D eigenvalue weighted by Gasteiger charge is -2.39. The first-order chi connectivity index (χ1) is 15.1.